The predicted octanol–water partition coefficient (Wildman–Crippen LogP) is 4.73. The van der Waals surface area contributed by atoms with Crippen LogP contribution < -0.4 is 19.1 Å². The molecule has 196 valence electrons. The summed E-state index contributed by atoms with van der Waals surface area (Å²) < 4.78 is 22.4. The third kappa shape index (κ3) is 5.23. The Morgan fingerprint density at radius 3 is 2.47 bits per heavy atom. The van der Waals surface area contributed by atoms with Crippen LogP contribution in [-0.2, 0) is 20.9 Å². The molecule has 9 nitrogen and oxygen atoms in total. The number of methoxy groups -OCH3 is 3. The summed E-state index contributed by atoms with van der Waals surface area (Å²) in [6.07, 6.45) is -2.88. The van der Waals surface area contributed by atoms with Gasteiger partial charge in [0.2, 0.25) is 0 Å². The van der Waals surface area contributed by atoms with Crippen molar-refractivity contribution < 1.29 is 33.6 Å². The Morgan fingerprint density at radius 2 is 1.82 bits per heavy atom. The maximum Gasteiger partial charge on any atom is 0.306 e. The molecule has 3 aromatic carbocycles. The molecule has 0 bridgehead atoms. The van der Waals surface area contributed by atoms with E-state index in [0.717, 1.165) is 0 Å². The van der Waals surface area contributed by atoms with Crippen molar-refractivity contribution in [3.8, 4) is 23.3 Å². The Kier molecular flexibility index (Phi) is 8.05. The van der Waals surface area contributed by atoms with Gasteiger partial charge in [0, 0.05) is 22.8 Å². The molecule has 1 aliphatic rings. The van der Waals surface area contributed by atoms with E-state index in [9.17, 15) is 20.0 Å². The standard InChI is InChI=1S/C28H25ClN2O7/c1-35-18-9-8-17(23(12-18)37-3)15-31-21-10-7-16(14-30)11-20(21)27(38-24(28(31)34)13-25(32)33)19-5-4-6-22(36-2)26(19)29/h4-12,24,27H,13,15H2,1-3H3,(H,32,33)/t24-,27-/m1/s1. The zero-order chi connectivity index (χ0) is 27.4. The molecule has 0 radical (unpaired) electrons. The molecule has 0 spiro atoms. The molecule has 1 N–H and O–H groups in total. The molecule has 10 heteroatoms. The summed E-state index contributed by atoms with van der Waals surface area (Å²) in [7, 11) is 4.52. The number of rotatable bonds is 8. The van der Waals surface area contributed by atoms with Crippen molar-refractivity contribution >= 4 is 29.2 Å². The number of hydrogen-bond acceptors (Lipinski definition) is 7. The van der Waals surface area contributed by atoms with Crippen LogP contribution in [0.25, 0.3) is 0 Å². The van der Waals surface area contributed by atoms with Gasteiger partial charge in [-0.1, -0.05) is 23.7 Å². The molecule has 3 aromatic rings. The lowest BCUT2D eigenvalue weighted by Gasteiger charge is -2.26. The van der Waals surface area contributed by atoms with Crippen LogP contribution >= 0.6 is 11.6 Å². The van der Waals surface area contributed by atoms with Crippen LogP contribution in [0.15, 0.2) is 54.6 Å². The Hall–Kier alpha value is -4.26. The van der Waals surface area contributed by atoms with E-state index in [0.29, 0.717) is 45.2 Å². The third-order valence-corrected chi connectivity index (χ3v) is 6.65. The number of aliphatic carboxylic acids is 1. The van der Waals surface area contributed by atoms with Gasteiger partial charge in [0.15, 0.2) is 0 Å². The Labute approximate surface area is 224 Å². The summed E-state index contributed by atoms with van der Waals surface area (Å²) in [5, 5.41) is 19.5. The lowest BCUT2D eigenvalue weighted by Crippen LogP contribution is -2.40. The van der Waals surface area contributed by atoms with Crippen LogP contribution in [0.4, 0.5) is 5.69 Å². The van der Waals surface area contributed by atoms with Crippen LogP contribution in [0.1, 0.15) is 34.8 Å². The molecule has 0 aromatic heterocycles. The molecular weight excluding hydrogens is 512 g/mol. The molecule has 1 aliphatic heterocycles. The van der Waals surface area contributed by atoms with E-state index in [1.54, 1.807) is 54.6 Å². The fraction of sp³-hybridized carbons (Fsp3) is 0.250. The van der Waals surface area contributed by atoms with Gasteiger partial charge in [0.1, 0.15) is 29.5 Å². The van der Waals surface area contributed by atoms with E-state index >= 15 is 0 Å². The van der Waals surface area contributed by atoms with E-state index in [4.69, 9.17) is 30.5 Å². The van der Waals surface area contributed by atoms with E-state index in [-0.39, 0.29) is 11.6 Å². The first-order chi connectivity index (χ1) is 18.3. The van der Waals surface area contributed by atoms with Gasteiger partial charge in [-0.05, 0) is 36.4 Å². The molecule has 2 atom stereocenters. The number of carbonyl (C=O) groups excluding carboxylic acids is 1. The lowest BCUT2D eigenvalue weighted by molar-refractivity contribution is -0.146. The number of benzene rings is 3. The maximum absolute atomic E-state index is 13.9. The van der Waals surface area contributed by atoms with Gasteiger partial charge in [-0.3, -0.25) is 9.59 Å². The molecular formula is C28H25ClN2O7. The summed E-state index contributed by atoms with van der Waals surface area (Å²) in [6, 6.07) is 17.3. The van der Waals surface area contributed by atoms with E-state index in [2.05, 4.69) is 6.07 Å². The summed E-state index contributed by atoms with van der Waals surface area (Å²) in [5.41, 5.74) is 2.39. The predicted molar refractivity (Wildman–Crippen MR) is 139 cm³/mol. The molecule has 0 fully saturated rings. The second-order valence-electron chi connectivity index (χ2n) is 8.45. The first-order valence-corrected chi connectivity index (χ1v) is 11.9. The maximum atomic E-state index is 13.9. The summed E-state index contributed by atoms with van der Waals surface area (Å²) in [5.74, 6) is -0.315. The van der Waals surface area contributed by atoms with Crippen LogP contribution in [-0.4, -0.2) is 44.4 Å². The third-order valence-electron chi connectivity index (χ3n) is 6.25. The fourth-order valence-electron chi connectivity index (χ4n) is 4.41. The van der Waals surface area contributed by atoms with Crippen molar-refractivity contribution in [1.29, 1.82) is 5.26 Å². The molecule has 38 heavy (non-hydrogen) atoms. The minimum absolute atomic E-state index is 0.0446. The van der Waals surface area contributed by atoms with Gasteiger partial charge in [-0.2, -0.15) is 5.26 Å². The molecule has 0 unspecified atom stereocenters. The van der Waals surface area contributed by atoms with Crippen LogP contribution in [0, 0.1) is 11.3 Å². The zero-order valence-electron chi connectivity index (χ0n) is 20.9. The minimum Gasteiger partial charge on any atom is -0.497 e. The first kappa shape index (κ1) is 26.8. The molecule has 0 saturated carbocycles. The second-order valence-corrected chi connectivity index (χ2v) is 8.83. The van der Waals surface area contributed by atoms with Crippen molar-refractivity contribution in [1.82, 2.24) is 0 Å². The number of fused-ring (bicyclic) bond motifs is 1. The van der Waals surface area contributed by atoms with Gasteiger partial charge in [0.05, 0.1) is 56.6 Å². The van der Waals surface area contributed by atoms with E-state index < -0.39 is 30.5 Å². The molecule has 1 amide bonds. The number of carbonyl (C=O) groups is 2. The van der Waals surface area contributed by atoms with Gasteiger partial charge in [-0.25, -0.2) is 0 Å². The Bertz CT molecular complexity index is 1420. The number of amides is 1. The van der Waals surface area contributed by atoms with Gasteiger partial charge < -0.3 is 29.0 Å². The van der Waals surface area contributed by atoms with E-state index in [1.165, 1.54) is 26.2 Å². The number of carboxylic acids is 1. The monoisotopic (exact) mass is 536 g/mol. The highest BCUT2D eigenvalue weighted by molar-refractivity contribution is 6.33. The number of nitriles is 1. The van der Waals surface area contributed by atoms with Crippen LogP contribution in [0.5, 0.6) is 17.2 Å². The van der Waals surface area contributed by atoms with Crippen LogP contribution in [0.3, 0.4) is 0 Å². The number of carboxylic acid groups (broad SMARTS) is 1. The smallest absolute Gasteiger partial charge is 0.306 e. The average molecular weight is 537 g/mol. The highest BCUT2D eigenvalue weighted by atomic mass is 35.5. The highest BCUT2D eigenvalue weighted by Gasteiger charge is 2.39. The SMILES string of the molecule is COc1ccc(CN2C(=O)[C@@H](CC(=O)O)O[C@H](c3cccc(OC)c3Cl)c3cc(C#N)ccc32)c(OC)c1. The van der Waals surface area contributed by atoms with E-state index in [1.807, 2.05) is 0 Å². The normalized spacial score (nSPS) is 16.7. The number of hydrogen-bond donors (Lipinski definition) is 1. The van der Waals surface area contributed by atoms with Crippen molar-refractivity contribution in [3.63, 3.8) is 0 Å². The topological polar surface area (TPSA) is 118 Å². The number of halogens is 1. The largest absolute Gasteiger partial charge is 0.497 e. The highest BCUT2D eigenvalue weighted by Crippen LogP contribution is 2.44. The quantitative estimate of drug-likeness (QED) is 0.439. The Balaban J connectivity index is 1.92. The lowest BCUT2D eigenvalue weighted by atomic mass is 9.97. The van der Waals surface area contributed by atoms with Crippen molar-refractivity contribution in [3.05, 3.63) is 81.9 Å². The summed E-state index contributed by atoms with van der Waals surface area (Å²) in [6.45, 7) is 0.0446. The van der Waals surface area contributed by atoms with Gasteiger partial charge in [-0.15, -0.1) is 0 Å². The molecule has 0 saturated heterocycles. The molecule has 0 aliphatic carbocycles. The second kappa shape index (κ2) is 11.4. The molecule has 4 rings (SSSR count). The number of ether oxygens (including phenoxy) is 4. The summed E-state index contributed by atoms with van der Waals surface area (Å²) >= 11 is 6.65. The Morgan fingerprint density at radius 1 is 1.05 bits per heavy atom. The average Bonchev–Trinajstić information content (AvgIpc) is 3.03. The molecule has 1 heterocycles. The zero-order valence-corrected chi connectivity index (χ0v) is 21.7. The van der Waals surface area contributed by atoms with Crippen molar-refractivity contribution in [2.75, 3.05) is 26.2 Å². The first-order valence-electron chi connectivity index (χ1n) is 11.6. The van der Waals surface area contributed by atoms with Gasteiger partial charge in [0.25, 0.3) is 5.91 Å². The van der Waals surface area contributed by atoms with Gasteiger partial charge >= 0.3 is 5.97 Å². The van der Waals surface area contributed by atoms with Crippen molar-refractivity contribution in [2.24, 2.45) is 0 Å². The van der Waals surface area contributed by atoms with Crippen molar-refractivity contribution in [2.45, 2.75) is 25.2 Å². The minimum atomic E-state index is -1.35. The summed E-state index contributed by atoms with van der Waals surface area (Å²) in [4.78, 5) is 27.1. The number of anilines is 1. The van der Waals surface area contributed by atoms with Crippen LogP contribution in [0.2, 0.25) is 5.02 Å². The number of nitrogens with zero attached hydrogens (tertiary/aromatic N) is 2. The fourth-order valence-corrected chi connectivity index (χ4v) is 4.71.